The Labute approximate surface area is 170 Å². The highest BCUT2D eigenvalue weighted by molar-refractivity contribution is 5.95. The smallest absolute Gasteiger partial charge is 0.253 e. The summed E-state index contributed by atoms with van der Waals surface area (Å²) >= 11 is 0. The van der Waals surface area contributed by atoms with Crippen LogP contribution in [-0.4, -0.2) is 47.1 Å². The summed E-state index contributed by atoms with van der Waals surface area (Å²) in [6.45, 7) is 1.35. The molecule has 0 unspecified atom stereocenters. The number of piperidine rings is 1. The molecule has 7 heteroatoms. The van der Waals surface area contributed by atoms with Crippen molar-refractivity contribution in [3.05, 3.63) is 41.7 Å². The van der Waals surface area contributed by atoms with Gasteiger partial charge in [-0.05, 0) is 49.9 Å². The average molecular weight is 396 g/mol. The van der Waals surface area contributed by atoms with Crippen LogP contribution in [0, 0.1) is 5.92 Å². The summed E-state index contributed by atoms with van der Waals surface area (Å²) in [7, 11) is 1.61. The van der Waals surface area contributed by atoms with Crippen molar-refractivity contribution in [1.29, 1.82) is 0 Å². The van der Waals surface area contributed by atoms with Crippen LogP contribution in [0.5, 0.6) is 5.75 Å². The molecule has 0 bridgehead atoms. The predicted molar refractivity (Wildman–Crippen MR) is 110 cm³/mol. The van der Waals surface area contributed by atoms with E-state index in [-0.39, 0.29) is 23.7 Å². The second kappa shape index (κ2) is 8.68. The average Bonchev–Trinajstić information content (AvgIpc) is 3.46. The maximum absolute atomic E-state index is 12.9. The first-order valence-electron chi connectivity index (χ1n) is 10.4. The summed E-state index contributed by atoms with van der Waals surface area (Å²) in [4.78, 5) is 27.4. The van der Waals surface area contributed by atoms with Gasteiger partial charge in [0.1, 0.15) is 5.75 Å². The molecule has 29 heavy (non-hydrogen) atoms. The van der Waals surface area contributed by atoms with Gasteiger partial charge < -0.3 is 15.0 Å². The minimum atomic E-state index is 0.0217. The number of carbonyl (C=O) groups excluding carboxylic acids is 2. The lowest BCUT2D eigenvalue weighted by Gasteiger charge is -2.32. The highest BCUT2D eigenvalue weighted by Gasteiger charge is 2.29. The maximum atomic E-state index is 12.9. The molecule has 0 radical (unpaired) electrons. The van der Waals surface area contributed by atoms with Gasteiger partial charge in [-0.2, -0.15) is 5.10 Å². The van der Waals surface area contributed by atoms with Crippen LogP contribution in [0.1, 0.15) is 60.5 Å². The van der Waals surface area contributed by atoms with E-state index < -0.39 is 0 Å². The molecule has 2 heterocycles. The lowest BCUT2D eigenvalue weighted by atomic mass is 9.93. The summed E-state index contributed by atoms with van der Waals surface area (Å²) in [5, 5.41) is 10.3. The number of ether oxygens (including phenoxy) is 1. The van der Waals surface area contributed by atoms with E-state index in [2.05, 4.69) is 15.5 Å². The van der Waals surface area contributed by atoms with Crippen molar-refractivity contribution < 1.29 is 14.3 Å². The Balaban J connectivity index is 1.44. The van der Waals surface area contributed by atoms with Gasteiger partial charge in [0, 0.05) is 30.5 Å². The Morgan fingerprint density at radius 1 is 1.14 bits per heavy atom. The fraction of sp³-hybridized carbons (Fsp3) is 0.500. The molecule has 1 aromatic heterocycles. The van der Waals surface area contributed by atoms with Crippen molar-refractivity contribution in [2.75, 3.05) is 25.5 Å². The van der Waals surface area contributed by atoms with E-state index in [0.717, 1.165) is 62.2 Å². The number of rotatable bonds is 5. The Hall–Kier alpha value is -2.83. The molecule has 1 aromatic carbocycles. The van der Waals surface area contributed by atoms with E-state index in [1.54, 1.807) is 37.6 Å². The monoisotopic (exact) mass is 396 g/mol. The number of aromatic amines is 1. The minimum absolute atomic E-state index is 0.0217. The van der Waals surface area contributed by atoms with Crippen molar-refractivity contribution in [3.8, 4) is 5.75 Å². The number of likely N-dealkylation sites (tertiary alicyclic amines) is 1. The molecule has 2 amide bonds. The number of anilines is 1. The highest BCUT2D eigenvalue weighted by atomic mass is 16.5. The Morgan fingerprint density at radius 2 is 1.90 bits per heavy atom. The lowest BCUT2D eigenvalue weighted by Crippen LogP contribution is -2.39. The molecule has 154 valence electrons. The number of nitrogens with one attached hydrogen (secondary N) is 2. The van der Waals surface area contributed by atoms with Crippen LogP contribution in [0.15, 0.2) is 30.5 Å². The minimum Gasteiger partial charge on any atom is -0.497 e. The number of aromatic nitrogens is 2. The number of carbonyl (C=O) groups is 2. The molecule has 0 spiro atoms. The largest absolute Gasteiger partial charge is 0.497 e. The van der Waals surface area contributed by atoms with Crippen molar-refractivity contribution in [2.24, 2.45) is 5.92 Å². The molecular formula is C22H28N4O3. The number of H-pyrrole nitrogens is 1. The zero-order valence-electron chi connectivity index (χ0n) is 16.8. The lowest BCUT2D eigenvalue weighted by molar-refractivity contribution is -0.119. The summed E-state index contributed by atoms with van der Waals surface area (Å²) in [5.41, 5.74) is 2.33. The van der Waals surface area contributed by atoms with E-state index in [9.17, 15) is 9.59 Å². The molecule has 2 fully saturated rings. The predicted octanol–water partition coefficient (Wildman–Crippen LogP) is 3.57. The molecule has 2 aromatic rings. The van der Waals surface area contributed by atoms with Crippen molar-refractivity contribution in [3.63, 3.8) is 0 Å². The zero-order valence-corrected chi connectivity index (χ0v) is 16.8. The van der Waals surface area contributed by atoms with Gasteiger partial charge >= 0.3 is 0 Å². The van der Waals surface area contributed by atoms with Gasteiger partial charge in [-0.3, -0.25) is 14.7 Å². The molecule has 7 nitrogen and oxygen atoms in total. The molecule has 1 saturated heterocycles. The molecule has 2 N–H and O–H groups in total. The number of hydrogen-bond donors (Lipinski definition) is 2. The van der Waals surface area contributed by atoms with E-state index in [4.69, 9.17) is 4.74 Å². The number of nitrogens with zero attached hydrogens (tertiary/aromatic N) is 2. The number of amides is 2. The molecule has 1 atom stereocenters. The number of benzene rings is 1. The molecule has 1 aliphatic heterocycles. The number of methoxy groups -OCH3 is 1. The van der Waals surface area contributed by atoms with Crippen molar-refractivity contribution in [2.45, 2.75) is 44.4 Å². The maximum Gasteiger partial charge on any atom is 0.253 e. The molecule has 4 rings (SSSR count). The Bertz CT molecular complexity index is 855. The second-order valence-corrected chi connectivity index (χ2v) is 7.99. The first kappa shape index (κ1) is 19.5. The van der Waals surface area contributed by atoms with Gasteiger partial charge in [0.05, 0.1) is 24.7 Å². The van der Waals surface area contributed by atoms with E-state index in [1.165, 1.54) is 0 Å². The first-order chi connectivity index (χ1) is 14.2. The molecule has 2 aliphatic rings. The zero-order chi connectivity index (χ0) is 20.2. The summed E-state index contributed by atoms with van der Waals surface area (Å²) in [6.07, 6.45) is 7.75. The third-order valence-corrected chi connectivity index (χ3v) is 6.11. The van der Waals surface area contributed by atoms with Gasteiger partial charge in [-0.1, -0.05) is 12.8 Å². The summed E-state index contributed by atoms with van der Waals surface area (Å²) < 4.78 is 5.17. The SMILES string of the molecule is COc1ccc(C(=O)N2CCC[C@H](c3[nH]ncc3NC(=O)C3CCCC3)C2)cc1. The van der Waals surface area contributed by atoms with Crippen LogP contribution < -0.4 is 10.1 Å². The Kier molecular flexibility index (Phi) is 5.83. The third-order valence-electron chi connectivity index (χ3n) is 6.11. The first-order valence-corrected chi connectivity index (χ1v) is 10.4. The van der Waals surface area contributed by atoms with Crippen LogP contribution in [0.4, 0.5) is 5.69 Å². The van der Waals surface area contributed by atoms with Crippen LogP contribution in [0.3, 0.4) is 0 Å². The van der Waals surface area contributed by atoms with Crippen LogP contribution in [0.2, 0.25) is 0 Å². The fourth-order valence-corrected chi connectivity index (χ4v) is 4.44. The van der Waals surface area contributed by atoms with Gasteiger partial charge in [-0.25, -0.2) is 0 Å². The summed E-state index contributed by atoms with van der Waals surface area (Å²) in [5.74, 6) is 1.09. The standard InChI is InChI=1S/C22H28N4O3/c1-29-18-10-8-16(9-11-18)22(28)26-12-4-7-17(14-26)20-19(13-23-25-20)24-21(27)15-5-2-3-6-15/h8-11,13,15,17H,2-7,12,14H2,1H3,(H,23,25)(H,24,27)/t17-/m0/s1. The van der Waals surface area contributed by atoms with Gasteiger partial charge in [0.25, 0.3) is 5.91 Å². The van der Waals surface area contributed by atoms with Crippen molar-refractivity contribution >= 4 is 17.5 Å². The third kappa shape index (κ3) is 4.28. The second-order valence-electron chi connectivity index (χ2n) is 7.99. The van der Waals surface area contributed by atoms with E-state index >= 15 is 0 Å². The normalized spacial score (nSPS) is 19.9. The van der Waals surface area contributed by atoms with E-state index in [0.29, 0.717) is 12.1 Å². The molecule has 1 aliphatic carbocycles. The topological polar surface area (TPSA) is 87.3 Å². The van der Waals surface area contributed by atoms with Crippen LogP contribution in [-0.2, 0) is 4.79 Å². The number of hydrogen-bond acceptors (Lipinski definition) is 4. The summed E-state index contributed by atoms with van der Waals surface area (Å²) in [6, 6.07) is 7.21. The highest BCUT2D eigenvalue weighted by Crippen LogP contribution is 2.32. The van der Waals surface area contributed by atoms with Gasteiger partial charge in [-0.15, -0.1) is 0 Å². The van der Waals surface area contributed by atoms with Gasteiger partial charge in [0.2, 0.25) is 5.91 Å². The van der Waals surface area contributed by atoms with E-state index in [1.807, 2.05) is 4.90 Å². The van der Waals surface area contributed by atoms with Crippen LogP contribution >= 0.6 is 0 Å². The molecule has 1 saturated carbocycles. The fourth-order valence-electron chi connectivity index (χ4n) is 4.44. The van der Waals surface area contributed by atoms with Crippen molar-refractivity contribution in [1.82, 2.24) is 15.1 Å². The molecular weight excluding hydrogens is 368 g/mol. The van der Waals surface area contributed by atoms with Gasteiger partial charge in [0.15, 0.2) is 0 Å². The van der Waals surface area contributed by atoms with Crippen LogP contribution in [0.25, 0.3) is 0 Å². The quantitative estimate of drug-likeness (QED) is 0.809. The Morgan fingerprint density at radius 3 is 2.62 bits per heavy atom.